The zero-order valence-electron chi connectivity index (χ0n) is 19.6. The lowest BCUT2D eigenvalue weighted by atomic mass is 9.60. The number of hydrogen-bond acceptors (Lipinski definition) is 9. The first-order valence-corrected chi connectivity index (χ1v) is 11.2. The molecular weight excluding hydrogens is 439 g/mol. The van der Waals surface area contributed by atoms with E-state index in [1.54, 1.807) is 30.3 Å². The Balaban J connectivity index is 1.35. The molecule has 6 rings (SSSR count). The van der Waals surface area contributed by atoms with Gasteiger partial charge in [0.25, 0.3) is 0 Å². The average Bonchev–Trinajstić information content (AvgIpc) is 2.84. The Morgan fingerprint density at radius 1 is 1.12 bits per heavy atom. The van der Waals surface area contributed by atoms with E-state index in [1.807, 2.05) is 14.0 Å². The van der Waals surface area contributed by atoms with Gasteiger partial charge >= 0.3 is 6.01 Å². The van der Waals surface area contributed by atoms with E-state index in [4.69, 9.17) is 9.47 Å². The van der Waals surface area contributed by atoms with Crippen LogP contribution in [0.5, 0.6) is 17.6 Å². The van der Waals surface area contributed by atoms with Crippen LogP contribution in [-0.4, -0.2) is 73.7 Å². The van der Waals surface area contributed by atoms with Crippen molar-refractivity contribution < 1.29 is 19.0 Å². The minimum absolute atomic E-state index is 0.00302. The number of halogens is 1. The van der Waals surface area contributed by atoms with Crippen LogP contribution >= 0.6 is 0 Å². The summed E-state index contributed by atoms with van der Waals surface area (Å²) < 4.78 is 26.6. The van der Waals surface area contributed by atoms with Gasteiger partial charge in [-0.3, -0.25) is 4.90 Å². The maximum atomic E-state index is 15.5. The van der Waals surface area contributed by atoms with Gasteiger partial charge in [0.1, 0.15) is 18.2 Å². The van der Waals surface area contributed by atoms with Crippen LogP contribution in [0.4, 0.5) is 4.39 Å². The summed E-state index contributed by atoms with van der Waals surface area (Å²) in [5, 5.41) is 19.0. The molecule has 4 heterocycles. The van der Waals surface area contributed by atoms with Gasteiger partial charge in [-0.1, -0.05) is 13.0 Å². The number of alkyl halides is 1. The SMILES string of the molecule is COc1ncnc(-c2ccc(-c3ccc(O[C@H]4[C@H](F)[C@]5(C)CC[C@@]4(C)CN5C)nn3)c(O)c2)n1. The van der Waals surface area contributed by atoms with E-state index in [9.17, 15) is 5.11 Å². The summed E-state index contributed by atoms with van der Waals surface area (Å²) >= 11 is 0. The fourth-order valence-electron chi connectivity index (χ4n) is 5.06. The predicted octanol–water partition coefficient (Wildman–Crippen LogP) is 3.30. The number of aromatic nitrogens is 5. The molecule has 3 aliphatic rings. The number of fused-ring (bicyclic) bond motifs is 3. The molecule has 10 heteroatoms. The molecule has 2 bridgehead atoms. The number of hydrogen-bond donors (Lipinski definition) is 1. The normalized spacial score (nSPS) is 28.6. The van der Waals surface area contributed by atoms with Crippen molar-refractivity contribution in [2.24, 2.45) is 5.41 Å². The first-order valence-electron chi connectivity index (χ1n) is 11.2. The summed E-state index contributed by atoms with van der Waals surface area (Å²) in [4.78, 5) is 14.3. The molecular formula is C24H27FN6O3. The van der Waals surface area contributed by atoms with E-state index in [1.165, 1.54) is 13.4 Å². The highest BCUT2D eigenvalue weighted by Gasteiger charge is 2.61. The Hall–Kier alpha value is -3.40. The van der Waals surface area contributed by atoms with Gasteiger partial charge in [-0.25, -0.2) is 9.37 Å². The van der Waals surface area contributed by atoms with Crippen molar-refractivity contribution in [2.45, 2.75) is 44.5 Å². The molecule has 2 aromatic heterocycles. The van der Waals surface area contributed by atoms with Crippen LogP contribution in [0, 0.1) is 5.41 Å². The molecule has 1 saturated carbocycles. The Labute approximate surface area is 197 Å². The summed E-state index contributed by atoms with van der Waals surface area (Å²) in [6.07, 6.45) is 1.33. The van der Waals surface area contributed by atoms with Crippen LogP contribution in [0.25, 0.3) is 22.6 Å². The second-order valence-corrected chi connectivity index (χ2v) is 9.59. The highest BCUT2D eigenvalue weighted by atomic mass is 19.1. The molecule has 2 aliphatic heterocycles. The predicted molar refractivity (Wildman–Crippen MR) is 122 cm³/mol. The second kappa shape index (κ2) is 8.12. The van der Waals surface area contributed by atoms with Gasteiger partial charge in [0, 0.05) is 29.2 Å². The molecule has 0 amide bonds. The van der Waals surface area contributed by atoms with Crippen molar-refractivity contribution in [1.82, 2.24) is 30.0 Å². The third-order valence-corrected chi connectivity index (χ3v) is 7.37. The van der Waals surface area contributed by atoms with Crippen LogP contribution in [0.2, 0.25) is 0 Å². The largest absolute Gasteiger partial charge is 0.507 e. The molecule has 0 spiro atoms. The van der Waals surface area contributed by atoms with E-state index >= 15 is 4.39 Å². The number of aromatic hydroxyl groups is 1. The van der Waals surface area contributed by atoms with Crippen LogP contribution < -0.4 is 9.47 Å². The van der Waals surface area contributed by atoms with Crippen molar-refractivity contribution in [2.75, 3.05) is 20.7 Å². The first-order chi connectivity index (χ1) is 16.2. The van der Waals surface area contributed by atoms with E-state index < -0.39 is 17.8 Å². The Bertz CT molecular complexity index is 1210. The molecule has 1 aliphatic carbocycles. The van der Waals surface area contributed by atoms with Gasteiger partial charge in [0.05, 0.1) is 18.3 Å². The van der Waals surface area contributed by atoms with Gasteiger partial charge in [-0.05, 0) is 45.0 Å². The summed E-state index contributed by atoms with van der Waals surface area (Å²) in [5.41, 5.74) is 0.724. The zero-order chi connectivity index (χ0) is 24.1. The van der Waals surface area contributed by atoms with Crippen molar-refractivity contribution in [3.8, 4) is 40.3 Å². The van der Waals surface area contributed by atoms with Crippen molar-refractivity contribution in [3.05, 3.63) is 36.7 Å². The van der Waals surface area contributed by atoms with Gasteiger partial charge in [0.15, 0.2) is 12.0 Å². The van der Waals surface area contributed by atoms with Crippen molar-refractivity contribution in [3.63, 3.8) is 0 Å². The fraction of sp³-hybridized carbons (Fsp3) is 0.458. The minimum Gasteiger partial charge on any atom is -0.507 e. The van der Waals surface area contributed by atoms with Gasteiger partial charge in [0.2, 0.25) is 5.88 Å². The number of phenols is 1. The molecule has 0 unspecified atom stereocenters. The topological polar surface area (TPSA) is 106 Å². The average molecular weight is 467 g/mol. The first kappa shape index (κ1) is 22.4. The fourth-order valence-corrected chi connectivity index (χ4v) is 5.06. The second-order valence-electron chi connectivity index (χ2n) is 9.59. The molecule has 34 heavy (non-hydrogen) atoms. The van der Waals surface area contributed by atoms with Crippen LogP contribution in [0.1, 0.15) is 26.7 Å². The van der Waals surface area contributed by atoms with Crippen LogP contribution in [0.15, 0.2) is 36.7 Å². The Morgan fingerprint density at radius 3 is 2.62 bits per heavy atom. The molecule has 1 aromatic carbocycles. The van der Waals surface area contributed by atoms with Gasteiger partial charge < -0.3 is 14.6 Å². The highest BCUT2D eigenvalue weighted by Crippen LogP contribution is 2.51. The molecule has 4 atom stereocenters. The molecule has 2 saturated heterocycles. The number of nitrogens with zero attached hydrogens (tertiary/aromatic N) is 6. The summed E-state index contributed by atoms with van der Waals surface area (Å²) in [6, 6.07) is 8.57. The molecule has 3 aromatic rings. The summed E-state index contributed by atoms with van der Waals surface area (Å²) in [5.74, 6) is 0.639. The number of piperidine rings is 2. The maximum Gasteiger partial charge on any atom is 0.319 e. The Morgan fingerprint density at radius 2 is 1.94 bits per heavy atom. The van der Waals surface area contributed by atoms with E-state index in [0.29, 0.717) is 22.6 Å². The number of ether oxygens (including phenoxy) is 2. The van der Waals surface area contributed by atoms with Crippen molar-refractivity contribution in [1.29, 1.82) is 0 Å². The standard InChI is InChI=1S/C24H27FN6O3/c1-23-9-10-24(2,31(3)12-23)19(25)20(23)34-18-8-7-16(29-30-18)15-6-5-14(11-17(15)32)21-26-13-27-22(28-21)33-4/h5-8,11,13,19-20,32H,9-10,12H2,1-4H3/t19-,20-,23-,24-/m0/s1. The number of methoxy groups -OCH3 is 1. The van der Waals surface area contributed by atoms with Gasteiger partial charge in [-0.2, -0.15) is 9.97 Å². The number of rotatable bonds is 5. The smallest absolute Gasteiger partial charge is 0.319 e. The monoisotopic (exact) mass is 466 g/mol. The summed E-state index contributed by atoms with van der Waals surface area (Å²) in [7, 11) is 3.45. The molecule has 3 fully saturated rings. The Kier molecular flexibility index (Phi) is 5.35. The number of phenolic OH excluding ortho intramolecular Hbond substituents is 1. The molecule has 0 radical (unpaired) electrons. The van der Waals surface area contributed by atoms with Crippen LogP contribution in [0.3, 0.4) is 0 Å². The maximum absolute atomic E-state index is 15.5. The summed E-state index contributed by atoms with van der Waals surface area (Å²) in [6.45, 7) is 4.80. The quantitative estimate of drug-likeness (QED) is 0.606. The third-order valence-electron chi connectivity index (χ3n) is 7.37. The molecule has 178 valence electrons. The lowest BCUT2D eigenvalue weighted by Crippen LogP contribution is -2.72. The highest BCUT2D eigenvalue weighted by molar-refractivity contribution is 5.71. The lowest BCUT2D eigenvalue weighted by molar-refractivity contribution is -0.177. The minimum atomic E-state index is -1.13. The van der Waals surface area contributed by atoms with E-state index in [0.717, 1.165) is 19.4 Å². The van der Waals surface area contributed by atoms with E-state index in [2.05, 4.69) is 37.0 Å². The molecule has 1 N–H and O–H groups in total. The third kappa shape index (κ3) is 3.62. The van der Waals surface area contributed by atoms with E-state index in [-0.39, 0.29) is 23.1 Å². The molecule has 9 nitrogen and oxygen atoms in total. The van der Waals surface area contributed by atoms with Crippen LogP contribution in [-0.2, 0) is 0 Å². The zero-order valence-corrected chi connectivity index (χ0v) is 19.6. The lowest BCUT2D eigenvalue weighted by Gasteiger charge is -2.61. The van der Waals surface area contributed by atoms with Gasteiger partial charge in [-0.15, -0.1) is 10.2 Å². The van der Waals surface area contributed by atoms with Crippen molar-refractivity contribution >= 4 is 0 Å². The number of benzene rings is 1.